The first kappa shape index (κ1) is 27.5. The smallest absolute Gasteiger partial charge is 0.355 e. The maximum atomic E-state index is 13.4. The molecule has 0 aliphatic heterocycles. The number of carbonyl (C=O) groups is 1. The highest BCUT2D eigenvalue weighted by molar-refractivity contribution is 6.01. The molecular weight excluding hydrogens is 472 g/mol. The first-order valence-corrected chi connectivity index (χ1v) is 13.4. The van der Waals surface area contributed by atoms with Crippen molar-refractivity contribution in [1.29, 1.82) is 0 Å². The minimum atomic E-state index is -0.320. The van der Waals surface area contributed by atoms with Gasteiger partial charge in [-0.15, -0.1) is 0 Å². The third-order valence-electron chi connectivity index (χ3n) is 6.57. The van der Waals surface area contributed by atoms with Gasteiger partial charge in [0.05, 0.1) is 18.2 Å². The standard InChI is InChI=1S/C33H40N2O3/c1-9-37-32(36)31-29(21-34(7)8)28-20-24(23-10-13-25(14-11-23)33(4,5)6)12-19-30(28)35(31)26-15-17-27(18-16-26)38-22(2)3/h10-20,22H,9,21H2,1-8H3. The fourth-order valence-corrected chi connectivity index (χ4v) is 4.80. The minimum absolute atomic E-state index is 0.0888. The molecule has 5 nitrogen and oxygen atoms in total. The van der Waals surface area contributed by atoms with E-state index in [1.54, 1.807) is 0 Å². The average molecular weight is 513 g/mol. The van der Waals surface area contributed by atoms with Gasteiger partial charge >= 0.3 is 5.97 Å². The number of aromatic nitrogens is 1. The van der Waals surface area contributed by atoms with Crippen molar-refractivity contribution in [3.8, 4) is 22.6 Å². The summed E-state index contributed by atoms with van der Waals surface area (Å²) in [5.41, 5.74) is 7.05. The van der Waals surface area contributed by atoms with Crippen LogP contribution in [-0.2, 0) is 16.7 Å². The van der Waals surface area contributed by atoms with Gasteiger partial charge in [0, 0.05) is 23.2 Å². The summed E-state index contributed by atoms with van der Waals surface area (Å²) in [7, 11) is 4.04. The van der Waals surface area contributed by atoms with Crippen LogP contribution in [-0.4, -0.2) is 42.2 Å². The zero-order chi connectivity index (χ0) is 27.6. The largest absolute Gasteiger partial charge is 0.491 e. The van der Waals surface area contributed by atoms with Gasteiger partial charge in [0.1, 0.15) is 11.4 Å². The molecule has 0 amide bonds. The normalized spacial score (nSPS) is 11.9. The first-order valence-electron chi connectivity index (χ1n) is 13.4. The van der Waals surface area contributed by atoms with E-state index in [0.717, 1.165) is 39.0 Å². The van der Waals surface area contributed by atoms with Crippen molar-refractivity contribution in [1.82, 2.24) is 9.47 Å². The Morgan fingerprint density at radius 1 is 0.921 bits per heavy atom. The highest BCUT2D eigenvalue weighted by Gasteiger charge is 2.26. The van der Waals surface area contributed by atoms with Crippen LogP contribution in [0.4, 0.5) is 0 Å². The summed E-state index contributed by atoms with van der Waals surface area (Å²) in [6.07, 6.45) is 0.0888. The van der Waals surface area contributed by atoms with Gasteiger partial charge in [0.2, 0.25) is 0 Å². The summed E-state index contributed by atoms with van der Waals surface area (Å²) in [6, 6.07) is 23.1. The number of hydrogen-bond donors (Lipinski definition) is 0. The Bertz CT molecular complexity index is 1410. The van der Waals surface area contributed by atoms with Gasteiger partial charge < -0.3 is 18.9 Å². The van der Waals surface area contributed by atoms with Crippen molar-refractivity contribution in [2.24, 2.45) is 0 Å². The molecule has 3 aromatic carbocycles. The SMILES string of the molecule is CCOC(=O)c1c(CN(C)C)c2cc(-c3ccc(C(C)(C)C)cc3)ccc2n1-c1ccc(OC(C)C)cc1. The molecule has 0 aliphatic carbocycles. The molecule has 200 valence electrons. The van der Waals surface area contributed by atoms with Gasteiger partial charge in [-0.25, -0.2) is 4.79 Å². The molecule has 0 saturated carbocycles. The van der Waals surface area contributed by atoms with Gasteiger partial charge in [-0.05, 0) is 93.4 Å². The lowest BCUT2D eigenvalue weighted by atomic mass is 9.86. The Labute approximate surface area is 227 Å². The molecular formula is C33H40N2O3. The predicted octanol–water partition coefficient (Wildman–Crippen LogP) is 7.62. The van der Waals surface area contributed by atoms with E-state index in [9.17, 15) is 4.79 Å². The maximum Gasteiger partial charge on any atom is 0.355 e. The van der Waals surface area contributed by atoms with Crippen LogP contribution >= 0.6 is 0 Å². The quantitative estimate of drug-likeness (QED) is 0.228. The lowest BCUT2D eigenvalue weighted by Gasteiger charge is -2.19. The van der Waals surface area contributed by atoms with Gasteiger partial charge in [0.25, 0.3) is 0 Å². The van der Waals surface area contributed by atoms with E-state index >= 15 is 0 Å². The molecule has 1 aromatic heterocycles. The van der Waals surface area contributed by atoms with E-state index in [1.165, 1.54) is 5.56 Å². The van der Waals surface area contributed by atoms with Gasteiger partial charge in [-0.2, -0.15) is 0 Å². The number of benzene rings is 3. The summed E-state index contributed by atoms with van der Waals surface area (Å²) in [5, 5.41) is 1.04. The van der Waals surface area contributed by atoms with Crippen molar-refractivity contribution >= 4 is 16.9 Å². The van der Waals surface area contributed by atoms with Crippen LogP contribution in [0.1, 0.15) is 63.2 Å². The van der Waals surface area contributed by atoms with Crippen LogP contribution in [0.25, 0.3) is 27.7 Å². The molecule has 38 heavy (non-hydrogen) atoms. The number of hydrogen-bond acceptors (Lipinski definition) is 4. The van der Waals surface area contributed by atoms with Crippen LogP contribution in [0.3, 0.4) is 0 Å². The minimum Gasteiger partial charge on any atom is -0.491 e. The lowest BCUT2D eigenvalue weighted by Crippen LogP contribution is -2.17. The second kappa shape index (κ2) is 11.0. The predicted molar refractivity (Wildman–Crippen MR) is 157 cm³/mol. The highest BCUT2D eigenvalue weighted by atomic mass is 16.5. The van der Waals surface area contributed by atoms with Crippen molar-refractivity contribution in [2.75, 3.05) is 20.7 Å². The second-order valence-corrected chi connectivity index (χ2v) is 11.3. The van der Waals surface area contributed by atoms with Crippen molar-refractivity contribution in [2.45, 2.75) is 59.6 Å². The molecule has 0 radical (unpaired) electrons. The Balaban J connectivity index is 1.93. The Kier molecular flexibility index (Phi) is 7.98. The summed E-state index contributed by atoms with van der Waals surface area (Å²) < 4.78 is 13.5. The van der Waals surface area contributed by atoms with Crippen LogP contribution in [0, 0.1) is 0 Å². The van der Waals surface area contributed by atoms with E-state index < -0.39 is 0 Å². The molecule has 0 fully saturated rings. The van der Waals surface area contributed by atoms with Gasteiger partial charge in [-0.3, -0.25) is 0 Å². The third kappa shape index (κ3) is 5.78. The Morgan fingerprint density at radius 3 is 2.11 bits per heavy atom. The molecule has 0 N–H and O–H groups in total. The van der Waals surface area contributed by atoms with Crippen molar-refractivity contribution in [3.63, 3.8) is 0 Å². The molecule has 0 aliphatic rings. The van der Waals surface area contributed by atoms with E-state index in [0.29, 0.717) is 18.8 Å². The second-order valence-electron chi connectivity index (χ2n) is 11.3. The molecule has 5 heteroatoms. The Morgan fingerprint density at radius 2 is 1.55 bits per heavy atom. The molecule has 4 aromatic rings. The maximum absolute atomic E-state index is 13.4. The summed E-state index contributed by atoms with van der Waals surface area (Å²) in [4.78, 5) is 15.5. The van der Waals surface area contributed by atoms with Crippen LogP contribution in [0.15, 0.2) is 66.7 Å². The number of fused-ring (bicyclic) bond motifs is 1. The number of ether oxygens (including phenoxy) is 2. The molecule has 0 unspecified atom stereocenters. The Hall–Kier alpha value is -3.57. The molecule has 0 bridgehead atoms. The molecule has 4 rings (SSSR count). The third-order valence-corrected chi connectivity index (χ3v) is 6.57. The zero-order valence-corrected chi connectivity index (χ0v) is 24.0. The fraction of sp³-hybridized carbons (Fsp3) is 0.364. The number of carbonyl (C=O) groups excluding carboxylic acids is 1. The molecule has 0 spiro atoms. The molecule has 0 saturated heterocycles. The average Bonchev–Trinajstić information content (AvgIpc) is 3.17. The topological polar surface area (TPSA) is 43.7 Å². The molecule has 1 heterocycles. The van der Waals surface area contributed by atoms with Gasteiger partial charge in [0.15, 0.2) is 0 Å². The van der Waals surface area contributed by atoms with Crippen molar-refractivity contribution in [3.05, 3.63) is 83.6 Å². The highest BCUT2D eigenvalue weighted by Crippen LogP contribution is 2.35. The van der Waals surface area contributed by atoms with Crippen molar-refractivity contribution < 1.29 is 14.3 Å². The summed E-state index contributed by atoms with van der Waals surface area (Å²) >= 11 is 0. The van der Waals surface area contributed by atoms with E-state index in [-0.39, 0.29) is 17.5 Å². The van der Waals surface area contributed by atoms with Gasteiger partial charge in [-0.1, -0.05) is 51.1 Å². The molecule has 0 atom stereocenters. The van der Waals surface area contributed by atoms with Crippen LogP contribution < -0.4 is 4.74 Å². The van der Waals surface area contributed by atoms with Crippen LogP contribution in [0.2, 0.25) is 0 Å². The summed E-state index contributed by atoms with van der Waals surface area (Å²) in [5.74, 6) is 0.478. The lowest BCUT2D eigenvalue weighted by molar-refractivity contribution is 0.0515. The monoisotopic (exact) mass is 512 g/mol. The first-order chi connectivity index (χ1) is 18.0. The zero-order valence-electron chi connectivity index (χ0n) is 24.0. The van der Waals surface area contributed by atoms with Crippen LogP contribution in [0.5, 0.6) is 5.75 Å². The van der Waals surface area contributed by atoms with E-state index in [4.69, 9.17) is 9.47 Å². The summed E-state index contributed by atoms with van der Waals surface area (Å²) in [6.45, 7) is 13.5. The number of rotatable bonds is 8. The van der Waals surface area contributed by atoms with E-state index in [2.05, 4.69) is 68.1 Å². The van der Waals surface area contributed by atoms with E-state index in [1.807, 2.05) is 63.7 Å². The fourth-order valence-electron chi connectivity index (χ4n) is 4.80. The number of esters is 1. The number of nitrogens with zero attached hydrogens (tertiary/aromatic N) is 2.